The van der Waals surface area contributed by atoms with Gasteiger partial charge >= 0.3 is 0 Å². The molecule has 0 fully saturated rings. The van der Waals surface area contributed by atoms with Gasteiger partial charge in [-0.1, -0.05) is 36.4 Å². The van der Waals surface area contributed by atoms with E-state index in [2.05, 4.69) is 50.1 Å². The van der Waals surface area contributed by atoms with Crippen LogP contribution in [0.3, 0.4) is 0 Å². The van der Waals surface area contributed by atoms with Gasteiger partial charge in [0.05, 0.1) is 6.04 Å². The molecule has 5 heteroatoms. The smallest absolute Gasteiger partial charge is 0.171 e. The maximum atomic E-state index is 6.13. The first-order valence-corrected chi connectivity index (χ1v) is 9.48. The van der Waals surface area contributed by atoms with E-state index in [1.165, 1.54) is 5.56 Å². The normalized spacial score (nSPS) is 17.2. The fourth-order valence-corrected chi connectivity index (χ4v) is 3.51. The summed E-state index contributed by atoms with van der Waals surface area (Å²) in [5, 5.41) is 7.28. The van der Waals surface area contributed by atoms with Gasteiger partial charge in [-0.25, -0.2) is 0 Å². The summed E-state index contributed by atoms with van der Waals surface area (Å²) in [6.07, 6.45) is 2.55. The summed E-state index contributed by atoms with van der Waals surface area (Å²) in [7, 11) is 0. The first kappa shape index (κ1) is 19.2. The standard InChI is InChI=1S/C22H26N2O2S/c1-5-11-25-17-8-6-7-16(13-17)23-21(27)24-19-14-22(3,4)26-20-10-9-15(2)12-18(19)20/h5-10,12-13,19H,1,11,14H2,2-4H3,(H2,23,24,27)/t19-/m0/s1. The number of nitrogens with one attached hydrogen (secondary N) is 2. The number of fused-ring (bicyclic) bond motifs is 1. The molecular formula is C22H26N2O2S. The zero-order chi connectivity index (χ0) is 19.4. The third-order valence-electron chi connectivity index (χ3n) is 4.39. The van der Waals surface area contributed by atoms with Crippen LogP contribution in [0.15, 0.2) is 55.1 Å². The lowest BCUT2D eigenvalue weighted by atomic mass is 9.89. The minimum atomic E-state index is -0.256. The average molecular weight is 383 g/mol. The molecule has 27 heavy (non-hydrogen) atoms. The highest BCUT2D eigenvalue weighted by molar-refractivity contribution is 7.80. The highest BCUT2D eigenvalue weighted by atomic mass is 32.1. The van der Waals surface area contributed by atoms with Crippen molar-refractivity contribution < 1.29 is 9.47 Å². The molecule has 142 valence electrons. The van der Waals surface area contributed by atoms with Crippen molar-refractivity contribution in [2.24, 2.45) is 0 Å². The van der Waals surface area contributed by atoms with E-state index < -0.39 is 0 Å². The molecule has 0 amide bonds. The Morgan fingerprint density at radius 1 is 1.33 bits per heavy atom. The fraction of sp³-hybridized carbons (Fsp3) is 0.318. The van der Waals surface area contributed by atoms with Crippen molar-refractivity contribution in [1.29, 1.82) is 0 Å². The van der Waals surface area contributed by atoms with Crippen LogP contribution in [0, 0.1) is 6.92 Å². The number of aryl methyl sites for hydroxylation is 1. The summed E-state index contributed by atoms with van der Waals surface area (Å²) >= 11 is 5.56. The number of anilines is 1. The second-order valence-corrected chi connectivity index (χ2v) is 7.79. The van der Waals surface area contributed by atoms with Crippen molar-refractivity contribution >= 4 is 23.0 Å². The summed E-state index contributed by atoms with van der Waals surface area (Å²) < 4.78 is 11.7. The molecule has 4 nitrogen and oxygen atoms in total. The molecule has 1 heterocycles. The Morgan fingerprint density at radius 3 is 2.93 bits per heavy atom. The Labute approximate surface area is 166 Å². The Morgan fingerprint density at radius 2 is 2.15 bits per heavy atom. The van der Waals surface area contributed by atoms with Gasteiger partial charge < -0.3 is 20.1 Å². The van der Waals surface area contributed by atoms with Crippen LogP contribution in [0.2, 0.25) is 0 Å². The van der Waals surface area contributed by atoms with Gasteiger partial charge in [0, 0.05) is 23.7 Å². The molecular weight excluding hydrogens is 356 g/mol. The maximum absolute atomic E-state index is 6.13. The number of rotatable bonds is 5. The van der Waals surface area contributed by atoms with Gasteiger partial charge in [0.15, 0.2) is 5.11 Å². The second kappa shape index (κ2) is 8.01. The summed E-state index contributed by atoms with van der Waals surface area (Å²) in [5.41, 5.74) is 2.97. The molecule has 0 aliphatic carbocycles. The van der Waals surface area contributed by atoms with Crippen LogP contribution in [-0.4, -0.2) is 17.3 Å². The van der Waals surface area contributed by atoms with Crippen molar-refractivity contribution in [2.75, 3.05) is 11.9 Å². The lowest BCUT2D eigenvalue weighted by molar-refractivity contribution is 0.0696. The van der Waals surface area contributed by atoms with Gasteiger partial charge in [0.1, 0.15) is 23.7 Å². The molecule has 0 spiro atoms. The Kier molecular flexibility index (Phi) is 5.71. The third kappa shape index (κ3) is 5.01. The van der Waals surface area contributed by atoms with Crippen LogP contribution in [0.1, 0.15) is 37.4 Å². The summed E-state index contributed by atoms with van der Waals surface area (Å²) in [6.45, 7) is 10.4. The molecule has 0 bridgehead atoms. The van der Waals surface area contributed by atoms with Gasteiger partial charge in [0.25, 0.3) is 0 Å². The summed E-state index contributed by atoms with van der Waals surface area (Å²) in [5.74, 6) is 1.69. The summed E-state index contributed by atoms with van der Waals surface area (Å²) in [6, 6.07) is 14.1. The van der Waals surface area contributed by atoms with E-state index in [0.29, 0.717) is 11.7 Å². The average Bonchev–Trinajstić information content (AvgIpc) is 2.60. The number of ether oxygens (including phenoxy) is 2. The van der Waals surface area contributed by atoms with E-state index in [9.17, 15) is 0 Å². The minimum Gasteiger partial charge on any atom is -0.489 e. The lowest BCUT2D eigenvalue weighted by Gasteiger charge is -2.38. The van der Waals surface area contributed by atoms with E-state index in [4.69, 9.17) is 21.7 Å². The monoisotopic (exact) mass is 382 g/mol. The van der Waals surface area contributed by atoms with E-state index in [1.54, 1.807) is 6.08 Å². The second-order valence-electron chi connectivity index (χ2n) is 7.39. The first-order valence-electron chi connectivity index (χ1n) is 9.07. The largest absolute Gasteiger partial charge is 0.489 e. The van der Waals surface area contributed by atoms with Crippen LogP contribution in [-0.2, 0) is 0 Å². The number of benzene rings is 2. The van der Waals surface area contributed by atoms with Crippen LogP contribution in [0.5, 0.6) is 11.5 Å². The topological polar surface area (TPSA) is 42.5 Å². The molecule has 1 atom stereocenters. The van der Waals surface area contributed by atoms with Crippen molar-refractivity contribution in [1.82, 2.24) is 5.32 Å². The summed E-state index contributed by atoms with van der Waals surface area (Å²) in [4.78, 5) is 0. The van der Waals surface area contributed by atoms with Gasteiger partial charge in [-0.2, -0.15) is 0 Å². The zero-order valence-electron chi connectivity index (χ0n) is 16.0. The van der Waals surface area contributed by atoms with Crippen LogP contribution >= 0.6 is 12.2 Å². The fourth-order valence-electron chi connectivity index (χ4n) is 3.25. The van der Waals surface area contributed by atoms with Crippen LogP contribution in [0.4, 0.5) is 5.69 Å². The predicted octanol–water partition coefficient (Wildman–Crippen LogP) is 5.15. The van der Waals surface area contributed by atoms with Crippen LogP contribution < -0.4 is 20.1 Å². The molecule has 1 aliphatic heterocycles. The van der Waals surface area contributed by atoms with E-state index >= 15 is 0 Å². The zero-order valence-corrected chi connectivity index (χ0v) is 16.9. The van der Waals surface area contributed by atoms with E-state index in [1.807, 2.05) is 30.3 Å². The highest BCUT2D eigenvalue weighted by Gasteiger charge is 2.34. The molecule has 0 saturated heterocycles. The SMILES string of the molecule is C=CCOc1cccc(NC(=S)N[C@H]2CC(C)(C)Oc3ccc(C)cc32)c1. The number of thiocarbonyl (C=S) groups is 1. The molecule has 0 aromatic heterocycles. The van der Waals surface area contributed by atoms with Crippen molar-refractivity contribution in [3.05, 3.63) is 66.2 Å². The van der Waals surface area contributed by atoms with Gasteiger partial charge in [-0.15, -0.1) is 0 Å². The molecule has 2 aromatic carbocycles. The first-order chi connectivity index (χ1) is 12.9. The molecule has 1 aliphatic rings. The van der Waals surface area contributed by atoms with Crippen molar-refractivity contribution in [3.63, 3.8) is 0 Å². The Hall–Kier alpha value is -2.53. The third-order valence-corrected chi connectivity index (χ3v) is 4.61. The Balaban J connectivity index is 1.72. The van der Waals surface area contributed by atoms with E-state index in [0.717, 1.165) is 29.2 Å². The molecule has 0 radical (unpaired) electrons. The predicted molar refractivity (Wildman–Crippen MR) is 115 cm³/mol. The number of hydrogen-bond donors (Lipinski definition) is 2. The maximum Gasteiger partial charge on any atom is 0.171 e. The van der Waals surface area contributed by atoms with Crippen molar-refractivity contribution in [2.45, 2.75) is 38.8 Å². The van der Waals surface area contributed by atoms with Gasteiger partial charge in [-0.3, -0.25) is 0 Å². The van der Waals surface area contributed by atoms with E-state index in [-0.39, 0.29) is 11.6 Å². The highest BCUT2D eigenvalue weighted by Crippen LogP contribution is 2.39. The van der Waals surface area contributed by atoms with Crippen LogP contribution in [0.25, 0.3) is 0 Å². The van der Waals surface area contributed by atoms with Crippen molar-refractivity contribution in [3.8, 4) is 11.5 Å². The lowest BCUT2D eigenvalue weighted by Crippen LogP contribution is -2.42. The van der Waals surface area contributed by atoms with Gasteiger partial charge in [-0.05, 0) is 51.2 Å². The molecule has 2 N–H and O–H groups in total. The van der Waals surface area contributed by atoms with Gasteiger partial charge in [0.2, 0.25) is 0 Å². The minimum absolute atomic E-state index is 0.0869. The number of hydrogen-bond acceptors (Lipinski definition) is 3. The quantitative estimate of drug-likeness (QED) is 0.553. The Bertz CT molecular complexity index is 848. The molecule has 3 rings (SSSR count). The molecule has 0 saturated carbocycles. The molecule has 2 aromatic rings. The molecule has 0 unspecified atom stereocenters.